The van der Waals surface area contributed by atoms with E-state index < -0.39 is 0 Å². The van der Waals surface area contributed by atoms with Gasteiger partial charge in [0.15, 0.2) is 0 Å². The van der Waals surface area contributed by atoms with Gasteiger partial charge in [0.1, 0.15) is 0 Å². The molecule has 0 fully saturated rings. The lowest BCUT2D eigenvalue weighted by Crippen LogP contribution is -1.78. The molecule has 0 aromatic carbocycles. The molecule has 0 radical (unpaired) electrons. The summed E-state index contributed by atoms with van der Waals surface area (Å²) < 4.78 is 0. The zero-order valence-electron chi connectivity index (χ0n) is 10.0. The highest BCUT2D eigenvalue weighted by Crippen LogP contribution is 2.16. The van der Waals surface area contributed by atoms with Gasteiger partial charge < -0.3 is 0 Å². The molecule has 1 heteroatoms. The van der Waals surface area contributed by atoms with Gasteiger partial charge in [0.2, 0.25) is 0 Å². The second-order valence-electron chi connectivity index (χ2n) is 3.91. The molecule has 0 saturated carbocycles. The summed E-state index contributed by atoms with van der Waals surface area (Å²) in [5.41, 5.74) is 0. The van der Waals surface area contributed by atoms with E-state index >= 15 is 0 Å². The fourth-order valence-electron chi connectivity index (χ4n) is 1.40. The maximum atomic E-state index is 2.40. The molecular weight excluding hydrogens is 187 g/mol. The van der Waals surface area contributed by atoms with Crippen molar-refractivity contribution in [1.82, 2.24) is 0 Å². The highest BCUT2D eigenvalue weighted by molar-refractivity contribution is 7.41. The molecule has 0 bridgehead atoms. The van der Waals surface area contributed by atoms with Crippen LogP contribution in [0.2, 0.25) is 0 Å². The molecule has 0 spiro atoms. The number of unbranched alkanes of at least 4 members (excludes halogenated alkanes) is 6. The largest absolute Gasteiger partial charge is 0.0987 e. The predicted molar refractivity (Wildman–Crippen MR) is 70.6 cm³/mol. The Morgan fingerprint density at radius 3 is 2.29 bits per heavy atom. The molecule has 0 aliphatic heterocycles. The van der Waals surface area contributed by atoms with Crippen LogP contribution in [0.3, 0.4) is 0 Å². The lowest BCUT2D eigenvalue weighted by molar-refractivity contribution is 0.659. The second kappa shape index (κ2) is 13.2. The smallest absolute Gasteiger partial charge is 0.0319 e. The number of hydrogen-bond acceptors (Lipinski definition) is 0. The van der Waals surface area contributed by atoms with Gasteiger partial charge in [-0.25, -0.2) is 0 Å². The topological polar surface area (TPSA) is 0 Å². The van der Waals surface area contributed by atoms with E-state index in [2.05, 4.69) is 25.7 Å². The van der Waals surface area contributed by atoms with Crippen LogP contribution in [0.4, 0.5) is 0 Å². The Hall–Kier alpha value is 0.170. The van der Waals surface area contributed by atoms with Crippen molar-refractivity contribution in [1.29, 1.82) is 0 Å². The lowest BCUT2D eigenvalue weighted by atomic mass is 10.2. The van der Waals surface area contributed by atoms with E-state index in [0.717, 1.165) is 8.58 Å². The van der Waals surface area contributed by atoms with Gasteiger partial charge in [-0.1, -0.05) is 72.8 Å². The number of rotatable bonds is 10. The molecule has 0 aliphatic carbocycles. The minimum Gasteiger partial charge on any atom is -0.0987 e. The van der Waals surface area contributed by atoms with Crippen molar-refractivity contribution in [2.24, 2.45) is 0 Å². The van der Waals surface area contributed by atoms with E-state index in [9.17, 15) is 0 Å². The monoisotopic (exact) mass is 214 g/mol. The van der Waals surface area contributed by atoms with Gasteiger partial charge in [-0.2, -0.15) is 0 Å². The summed E-state index contributed by atoms with van der Waals surface area (Å²) in [6, 6.07) is 0. The Balaban J connectivity index is 2.94. The molecule has 0 rings (SSSR count). The Labute approximate surface area is 92.3 Å². The van der Waals surface area contributed by atoms with Crippen LogP contribution >= 0.6 is 8.58 Å². The van der Waals surface area contributed by atoms with Crippen molar-refractivity contribution >= 4 is 8.58 Å². The third-order valence-electron chi connectivity index (χ3n) is 2.38. The Morgan fingerprint density at radius 2 is 1.57 bits per heavy atom. The van der Waals surface area contributed by atoms with Gasteiger partial charge in [-0.05, 0) is 19.0 Å². The maximum Gasteiger partial charge on any atom is -0.0319 e. The predicted octanol–water partition coefficient (Wildman–Crippen LogP) is 5.34. The molecule has 1 unspecified atom stereocenters. The Bertz CT molecular complexity index is 118. The molecule has 14 heavy (non-hydrogen) atoms. The summed E-state index contributed by atoms with van der Waals surface area (Å²) in [5.74, 6) is 2.40. The van der Waals surface area contributed by atoms with Crippen LogP contribution in [-0.4, -0.2) is 6.16 Å². The molecule has 0 aliphatic rings. The third-order valence-corrected chi connectivity index (χ3v) is 3.50. The summed E-state index contributed by atoms with van der Waals surface area (Å²) in [4.78, 5) is 0. The maximum absolute atomic E-state index is 2.40. The first kappa shape index (κ1) is 14.2. The van der Waals surface area contributed by atoms with Crippen molar-refractivity contribution in [3.63, 3.8) is 0 Å². The Morgan fingerprint density at radius 1 is 0.857 bits per heavy atom. The van der Waals surface area contributed by atoms with Crippen LogP contribution in [0, 0.1) is 0 Å². The van der Waals surface area contributed by atoms with Crippen molar-refractivity contribution < 1.29 is 0 Å². The normalized spacial score (nSPS) is 12.1. The van der Waals surface area contributed by atoms with Crippen LogP contribution in [0.1, 0.15) is 65.2 Å². The van der Waals surface area contributed by atoms with E-state index in [1.807, 2.05) is 0 Å². The van der Waals surface area contributed by atoms with Gasteiger partial charge in [0, 0.05) is 0 Å². The van der Waals surface area contributed by atoms with Crippen LogP contribution in [0.5, 0.6) is 0 Å². The molecule has 84 valence electrons. The average Bonchev–Trinajstić information content (AvgIpc) is 2.21. The first-order valence-corrected chi connectivity index (χ1v) is 7.58. The van der Waals surface area contributed by atoms with Gasteiger partial charge in [0.25, 0.3) is 0 Å². The fourth-order valence-corrected chi connectivity index (χ4v) is 2.36. The van der Waals surface area contributed by atoms with Crippen molar-refractivity contribution in [2.75, 3.05) is 6.16 Å². The van der Waals surface area contributed by atoms with Crippen molar-refractivity contribution in [2.45, 2.75) is 65.2 Å². The molecule has 0 N–H and O–H groups in total. The summed E-state index contributed by atoms with van der Waals surface area (Å²) in [5, 5.41) is 0. The van der Waals surface area contributed by atoms with E-state index in [-0.39, 0.29) is 0 Å². The molecule has 1 atom stereocenters. The quantitative estimate of drug-likeness (QED) is 0.340. The highest BCUT2D eigenvalue weighted by atomic mass is 31.1. The van der Waals surface area contributed by atoms with Crippen LogP contribution in [0.15, 0.2) is 11.9 Å². The van der Waals surface area contributed by atoms with Gasteiger partial charge in [-0.15, -0.1) is 0 Å². The summed E-state index contributed by atoms with van der Waals surface area (Å²) in [6.45, 7) is 4.53. The van der Waals surface area contributed by atoms with E-state index in [1.54, 1.807) is 0 Å². The fraction of sp³-hybridized carbons (Fsp3) is 0.846. The van der Waals surface area contributed by atoms with Crippen LogP contribution in [-0.2, 0) is 0 Å². The number of allylic oxidation sites excluding steroid dienone is 1. The Kier molecular flexibility index (Phi) is 13.3. The van der Waals surface area contributed by atoms with Gasteiger partial charge >= 0.3 is 0 Å². The van der Waals surface area contributed by atoms with E-state index in [1.165, 1.54) is 57.5 Å². The first-order chi connectivity index (χ1) is 6.91. The highest BCUT2D eigenvalue weighted by Gasteiger charge is 1.87. The van der Waals surface area contributed by atoms with Crippen LogP contribution in [0.25, 0.3) is 0 Å². The lowest BCUT2D eigenvalue weighted by Gasteiger charge is -1.97. The standard InChI is InChI=1S/C13H27P/c1-3-5-7-9-11-13-14-12-10-8-6-4-2/h10,12,14H,3-9,11,13H2,1-2H3. The van der Waals surface area contributed by atoms with Gasteiger partial charge in [0.05, 0.1) is 0 Å². The zero-order valence-corrected chi connectivity index (χ0v) is 11.0. The summed E-state index contributed by atoms with van der Waals surface area (Å²) >= 11 is 0. The minimum atomic E-state index is 1.07. The van der Waals surface area contributed by atoms with Crippen LogP contribution < -0.4 is 0 Å². The molecule has 0 aromatic heterocycles. The molecule has 0 amide bonds. The molecule has 0 aromatic rings. The number of hydrogen-bond donors (Lipinski definition) is 0. The zero-order chi connectivity index (χ0) is 10.5. The van der Waals surface area contributed by atoms with E-state index in [0.29, 0.717) is 0 Å². The molecule has 0 heterocycles. The SMILES string of the molecule is CCCCC=CPCCCCCCC. The average molecular weight is 214 g/mol. The molecule has 0 saturated heterocycles. The summed E-state index contributed by atoms with van der Waals surface area (Å²) in [6.07, 6.45) is 14.9. The van der Waals surface area contributed by atoms with Crippen molar-refractivity contribution in [3.05, 3.63) is 11.9 Å². The van der Waals surface area contributed by atoms with E-state index in [4.69, 9.17) is 0 Å². The molecular formula is C13H27P. The summed E-state index contributed by atoms with van der Waals surface area (Å²) in [7, 11) is 1.07. The first-order valence-electron chi connectivity index (χ1n) is 6.30. The second-order valence-corrected chi connectivity index (χ2v) is 5.15. The van der Waals surface area contributed by atoms with Gasteiger partial charge in [-0.3, -0.25) is 0 Å². The molecule has 0 nitrogen and oxygen atoms in total. The third kappa shape index (κ3) is 12.2. The van der Waals surface area contributed by atoms with Crippen molar-refractivity contribution in [3.8, 4) is 0 Å². The minimum absolute atomic E-state index is 1.07.